The molecule has 1 aliphatic heterocycles. The zero-order valence-electron chi connectivity index (χ0n) is 13.2. The van der Waals surface area contributed by atoms with Crippen molar-refractivity contribution in [2.45, 2.75) is 13.0 Å². The van der Waals surface area contributed by atoms with Crippen LogP contribution in [0.4, 0.5) is 0 Å². The van der Waals surface area contributed by atoms with Gasteiger partial charge in [-0.15, -0.1) is 11.3 Å². The Balaban J connectivity index is 1.68. The minimum absolute atomic E-state index is 0.101. The van der Waals surface area contributed by atoms with E-state index >= 15 is 0 Å². The fourth-order valence-corrected chi connectivity index (χ4v) is 3.62. The van der Waals surface area contributed by atoms with Crippen LogP contribution in [0.5, 0.6) is 0 Å². The fourth-order valence-electron chi connectivity index (χ4n) is 2.98. The summed E-state index contributed by atoms with van der Waals surface area (Å²) >= 11 is 1.58. The molecule has 3 aromatic rings. The highest BCUT2D eigenvalue weighted by atomic mass is 32.1. The Hall–Kier alpha value is -2.93. The predicted octanol–water partition coefficient (Wildman–Crippen LogP) is 2.48. The van der Waals surface area contributed by atoms with Crippen LogP contribution in [0.25, 0.3) is 10.9 Å². The van der Waals surface area contributed by atoms with Crippen LogP contribution in [0.2, 0.25) is 0 Å². The van der Waals surface area contributed by atoms with Crippen LogP contribution in [0.3, 0.4) is 0 Å². The van der Waals surface area contributed by atoms with Crippen LogP contribution in [0, 0.1) is 0 Å². The van der Waals surface area contributed by atoms with Crippen LogP contribution < -0.4 is 10.6 Å². The van der Waals surface area contributed by atoms with Crippen molar-refractivity contribution in [3.63, 3.8) is 0 Å². The molecule has 0 saturated heterocycles. The molecule has 2 aromatic heterocycles. The standard InChI is InChI=1S/C18H15N3O3S/c22-14-5-6-19-18(24)16-15(14)12-8-10(3-4-13(12)21-16)17(23)20-9-11-2-1-7-25-11/h1-4,7-8,21H,5-6,9H2,(H,19,24)(H,20,23). The maximum absolute atomic E-state index is 12.4. The molecule has 1 aromatic carbocycles. The Labute approximate surface area is 147 Å². The van der Waals surface area contributed by atoms with E-state index in [2.05, 4.69) is 15.6 Å². The Morgan fingerprint density at radius 1 is 1.24 bits per heavy atom. The molecule has 4 rings (SSSR count). The van der Waals surface area contributed by atoms with Gasteiger partial charge in [-0.2, -0.15) is 0 Å². The van der Waals surface area contributed by atoms with Gasteiger partial charge in [0, 0.05) is 34.3 Å². The number of fused-ring (bicyclic) bond motifs is 3. The second-order valence-electron chi connectivity index (χ2n) is 5.83. The van der Waals surface area contributed by atoms with Gasteiger partial charge < -0.3 is 15.6 Å². The molecule has 0 radical (unpaired) electrons. The Morgan fingerprint density at radius 2 is 2.12 bits per heavy atom. The number of thiophene rings is 1. The van der Waals surface area contributed by atoms with E-state index < -0.39 is 0 Å². The molecule has 0 atom stereocenters. The highest BCUT2D eigenvalue weighted by Crippen LogP contribution is 2.26. The third kappa shape index (κ3) is 2.83. The first-order valence-corrected chi connectivity index (χ1v) is 8.79. The molecule has 0 unspecified atom stereocenters. The van der Waals surface area contributed by atoms with E-state index in [0.29, 0.717) is 35.1 Å². The molecule has 6 nitrogen and oxygen atoms in total. The van der Waals surface area contributed by atoms with E-state index in [9.17, 15) is 14.4 Å². The van der Waals surface area contributed by atoms with Crippen molar-refractivity contribution in [3.05, 3.63) is 57.4 Å². The van der Waals surface area contributed by atoms with Crippen LogP contribution in [0.15, 0.2) is 35.7 Å². The highest BCUT2D eigenvalue weighted by molar-refractivity contribution is 7.09. The van der Waals surface area contributed by atoms with Crippen molar-refractivity contribution in [2.75, 3.05) is 6.54 Å². The molecule has 3 N–H and O–H groups in total. The largest absolute Gasteiger partial charge is 0.350 e. The van der Waals surface area contributed by atoms with Gasteiger partial charge in [-0.25, -0.2) is 0 Å². The maximum atomic E-state index is 12.4. The Bertz CT molecular complexity index is 989. The second kappa shape index (κ2) is 6.18. The van der Waals surface area contributed by atoms with Gasteiger partial charge in [-0.05, 0) is 29.6 Å². The molecule has 0 saturated carbocycles. The van der Waals surface area contributed by atoms with Crippen molar-refractivity contribution in [1.29, 1.82) is 0 Å². The summed E-state index contributed by atoms with van der Waals surface area (Å²) in [6, 6.07) is 8.97. The smallest absolute Gasteiger partial charge is 0.268 e. The van der Waals surface area contributed by atoms with Crippen molar-refractivity contribution in [1.82, 2.24) is 15.6 Å². The Morgan fingerprint density at radius 3 is 2.92 bits per heavy atom. The minimum atomic E-state index is -0.291. The van der Waals surface area contributed by atoms with Gasteiger partial charge in [0.1, 0.15) is 5.69 Å². The summed E-state index contributed by atoms with van der Waals surface area (Å²) in [4.78, 5) is 40.9. The molecule has 2 amide bonds. The van der Waals surface area contributed by atoms with E-state index in [1.807, 2.05) is 17.5 Å². The number of rotatable bonds is 3. The van der Waals surface area contributed by atoms with Gasteiger partial charge in [0.25, 0.3) is 11.8 Å². The summed E-state index contributed by atoms with van der Waals surface area (Å²) in [7, 11) is 0. The summed E-state index contributed by atoms with van der Waals surface area (Å²) in [5.41, 5.74) is 1.78. The molecule has 1 aliphatic rings. The lowest BCUT2D eigenvalue weighted by atomic mass is 10.0. The topological polar surface area (TPSA) is 91.1 Å². The molecular formula is C18H15N3O3S. The number of amides is 2. The van der Waals surface area contributed by atoms with E-state index in [1.54, 1.807) is 29.5 Å². The van der Waals surface area contributed by atoms with Crippen molar-refractivity contribution in [2.24, 2.45) is 0 Å². The van der Waals surface area contributed by atoms with E-state index in [1.165, 1.54) is 0 Å². The first kappa shape index (κ1) is 15.6. The monoisotopic (exact) mass is 353 g/mol. The number of nitrogens with one attached hydrogen (secondary N) is 3. The molecule has 7 heteroatoms. The summed E-state index contributed by atoms with van der Waals surface area (Å²) in [6.07, 6.45) is 0.250. The number of carbonyl (C=O) groups excluding carboxylic acids is 3. The van der Waals surface area contributed by atoms with Crippen LogP contribution in [-0.2, 0) is 6.54 Å². The number of hydrogen-bond acceptors (Lipinski definition) is 4. The summed E-state index contributed by atoms with van der Waals surface area (Å²) in [5, 5.41) is 8.13. The third-order valence-electron chi connectivity index (χ3n) is 4.21. The SMILES string of the molecule is O=C(NCc1cccs1)c1ccc2[nH]c3c(c2c1)C(=O)CCNC3=O. The van der Waals surface area contributed by atoms with Gasteiger partial charge in [0.15, 0.2) is 5.78 Å². The molecular weight excluding hydrogens is 338 g/mol. The fraction of sp³-hybridized carbons (Fsp3) is 0.167. The van der Waals surface area contributed by atoms with Crippen molar-refractivity contribution >= 4 is 39.8 Å². The highest BCUT2D eigenvalue weighted by Gasteiger charge is 2.26. The summed E-state index contributed by atoms with van der Waals surface area (Å²) in [6.45, 7) is 0.782. The molecule has 0 aliphatic carbocycles. The zero-order valence-corrected chi connectivity index (χ0v) is 14.0. The third-order valence-corrected chi connectivity index (χ3v) is 5.08. The number of hydrogen-bond donors (Lipinski definition) is 3. The number of ketones is 1. The first-order valence-electron chi connectivity index (χ1n) is 7.91. The lowest BCUT2D eigenvalue weighted by molar-refractivity contribution is 0.0942. The van der Waals surface area contributed by atoms with Gasteiger partial charge in [-0.3, -0.25) is 14.4 Å². The van der Waals surface area contributed by atoms with E-state index in [4.69, 9.17) is 0 Å². The van der Waals surface area contributed by atoms with E-state index in [0.717, 1.165) is 4.88 Å². The van der Waals surface area contributed by atoms with Gasteiger partial charge in [-0.1, -0.05) is 6.07 Å². The lowest BCUT2D eigenvalue weighted by Crippen LogP contribution is -2.23. The first-order chi connectivity index (χ1) is 12.1. The van der Waals surface area contributed by atoms with Crippen LogP contribution in [-0.4, -0.2) is 29.1 Å². The number of Topliss-reactive ketones (excluding diaryl/α,β-unsaturated/α-hetero) is 1. The zero-order chi connectivity index (χ0) is 17.4. The minimum Gasteiger partial charge on any atom is -0.350 e. The molecule has 0 bridgehead atoms. The molecule has 126 valence electrons. The predicted molar refractivity (Wildman–Crippen MR) is 95.1 cm³/mol. The quantitative estimate of drug-likeness (QED) is 0.675. The average Bonchev–Trinajstić information content (AvgIpc) is 3.23. The second-order valence-corrected chi connectivity index (χ2v) is 6.86. The molecule has 3 heterocycles. The molecule has 0 spiro atoms. The van der Waals surface area contributed by atoms with Crippen molar-refractivity contribution in [3.8, 4) is 0 Å². The number of benzene rings is 1. The number of aromatic amines is 1. The van der Waals surface area contributed by atoms with Crippen LogP contribution in [0.1, 0.15) is 42.5 Å². The normalized spacial score (nSPS) is 14.1. The van der Waals surface area contributed by atoms with Crippen LogP contribution >= 0.6 is 11.3 Å². The number of aromatic nitrogens is 1. The Kier molecular flexibility index (Phi) is 3.85. The van der Waals surface area contributed by atoms with Gasteiger partial charge in [0.05, 0.1) is 12.1 Å². The summed E-state index contributed by atoms with van der Waals surface area (Å²) in [5.74, 6) is -0.604. The average molecular weight is 353 g/mol. The van der Waals surface area contributed by atoms with Crippen molar-refractivity contribution < 1.29 is 14.4 Å². The summed E-state index contributed by atoms with van der Waals surface area (Å²) < 4.78 is 0. The molecule has 0 fully saturated rings. The lowest BCUT2D eigenvalue weighted by Gasteiger charge is -2.04. The van der Waals surface area contributed by atoms with Gasteiger partial charge >= 0.3 is 0 Å². The maximum Gasteiger partial charge on any atom is 0.268 e. The van der Waals surface area contributed by atoms with Gasteiger partial charge in [0.2, 0.25) is 0 Å². The number of carbonyl (C=O) groups is 3. The van der Waals surface area contributed by atoms with E-state index in [-0.39, 0.29) is 29.7 Å². The molecule has 25 heavy (non-hydrogen) atoms. The number of H-pyrrole nitrogens is 1.